The fourth-order valence-corrected chi connectivity index (χ4v) is 2.42. The van der Waals surface area contributed by atoms with Crippen LogP contribution in [0.3, 0.4) is 0 Å². The van der Waals surface area contributed by atoms with Crippen molar-refractivity contribution in [3.05, 3.63) is 28.8 Å². The average Bonchev–Trinajstić information content (AvgIpc) is 2.82. The highest BCUT2D eigenvalue weighted by molar-refractivity contribution is 6.31. The zero-order chi connectivity index (χ0) is 13.0. The Hall–Kier alpha value is -1.26. The lowest BCUT2D eigenvalue weighted by molar-refractivity contribution is 0.100. The maximum atomic E-state index is 11.3. The monoisotopic (exact) mass is 267 g/mol. The van der Waals surface area contributed by atoms with Crippen LogP contribution in [0.15, 0.2) is 18.2 Å². The van der Waals surface area contributed by atoms with Gasteiger partial charge in [-0.25, -0.2) is 0 Å². The van der Waals surface area contributed by atoms with Crippen molar-refractivity contribution in [2.75, 3.05) is 25.0 Å². The molecule has 1 fully saturated rings. The van der Waals surface area contributed by atoms with Gasteiger partial charge in [0.15, 0.2) is 0 Å². The molecular formula is C13H18ClN3O. The topological polar surface area (TPSA) is 67.2 Å². The molecule has 1 atom stereocenters. The number of nitrogens with one attached hydrogen (secondary N) is 2. The Morgan fingerprint density at radius 3 is 3.06 bits per heavy atom. The quantitative estimate of drug-likeness (QED) is 0.763. The number of carbonyl (C=O) groups excluding carboxylic acids is 1. The molecule has 1 unspecified atom stereocenters. The molecule has 1 aromatic carbocycles. The summed E-state index contributed by atoms with van der Waals surface area (Å²) in [6.45, 7) is 3.02. The molecule has 2 rings (SSSR count). The van der Waals surface area contributed by atoms with E-state index in [0.717, 1.165) is 31.7 Å². The Labute approximate surface area is 112 Å². The van der Waals surface area contributed by atoms with Gasteiger partial charge in [0.1, 0.15) is 0 Å². The summed E-state index contributed by atoms with van der Waals surface area (Å²) in [5, 5.41) is 7.19. The molecule has 98 valence electrons. The summed E-state index contributed by atoms with van der Waals surface area (Å²) in [5.74, 6) is 0.283. The second-order valence-electron chi connectivity index (χ2n) is 4.63. The van der Waals surface area contributed by atoms with Gasteiger partial charge in [-0.2, -0.15) is 0 Å². The van der Waals surface area contributed by atoms with Crippen molar-refractivity contribution in [2.45, 2.75) is 12.8 Å². The molecule has 0 radical (unpaired) electrons. The number of halogens is 1. The van der Waals surface area contributed by atoms with Gasteiger partial charge in [0.25, 0.3) is 5.91 Å². The van der Waals surface area contributed by atoms with Crippen molar-refractivity contribution in [1.82, 2.24) is 5.32 Å². The van der Waals surface area contributed by atoms with Crippen molar-refractivity contribution in [3.63, 3.8) is 0 Å². The van der Waals surface area contributed by atoms with Crippen LogP contribution in [0, 0.1) is 5.92 Å². The molecule has 4 N–H and O–H groups in total. The van der Waals surface area contributed by atoms with Crippen LogP contribution in [0.2, 0.25) is 5.02 Å². The minimum absolute atomic E-state index is 0.434. The van der Waals surface area contributed by atoms with E-state index in [1.54, 1.807) is 18.2 Å². The molecule has 1 amide bonds. The Morgan fingerprint density at radius 2 is 2.39 bits per heavy atom. The van der Waals surface area contributed by atoms with Gasteiger partial charge in [-0.1, -0.05) is 11.6 Å². The Morgan fingerprint density at radius 1 is 1.56 bits per heavy atom. The molecule has 1 aliphatic rings. The molecule has 1 aliphatic heterocycles. The third kappa shape index (κ3) is 3.37. The van der Waals surface area contributed by atoms with Crippen molar-refractivity contribution in [2.24, 2.45) is 11.7 Å². The van der Waals surface area contributed by atoms with Crippen LogP contribution in [0.1, 0.15) is 23.2 Å². The van der Waals surface area contributed by atoms with Crippen LogP contribution >= 0.6 is 11.6 Å². The normalized spacial score (nSPS) is 18.8. The molecule has 18 heavy (non-hydrogen) atoms. The summed E-state index contributed by atoms with van der Waals surface area (Å²) < 4.78 is 0. The van der Waals surface area contributed by atoms with Gasteiger partial charge in [-0.15, -0.1) is 0 Å². The Balaban J connectivity index is 1.94. The molecular weight excluding hydrogens is 250 g/mol. The molecule has 5 heteroatoms. The molecule has 0 aliphatic carbocycles. The van der Waals surface area contributed by atoms with Crippen LogP contribution in [-0.4, -0.2) is 25.5 Å². The molecule has 0 saturated carbocycles. The van der Waals surface area contributed by atoms with Crippen molar-refractivity contribution >= 4 is 23.2 Å². The number of amides is 1. The molecule has 0 bridgehead atoms. The minimum Gasteiger partial charge on any atom is -0.384 e. The van der Waals surface area contributed by atoms with Gasteiger partial charge < -0.3 is 16.4 Å². The first kappa shape index (κ1) is 13.2. The van der Waals surface area contributed by atoms with Crippen LogP contribution in [0.25, 0.3) is 0 Å². The van der Waals surface area contributed by atoms with Crippen molar-refractivity contribution in [3.8, 4) is 0 Å². The number of hydrogen-bond donors (Lipinski definition) is 3. The first-order valence-electron chi connectivity index (χ1n) is 6.21. The largest absolute Gasteiger partial charge is 0.384 e. The van der Waals surface area contributed by atoms with Gasteiger partial charge in [-0.05, 0) is 50.0 Å². The SMILES string of the molecule is NC(=O)c1ccc(Cl)cc1NCCC1CCNC1. The van der Waals surface area contributed by atoms with Gasteiger partial charge in [0, 0.05) is 17.3 Å². The highest BCUT2D eigenvalue weighted by atomic mass is 35.5. The van der Waals surface area contributed by atoms with E-state index in [1.807, 2.05) is 0 Å². The average molecular weight is 268 g/mol. The number of nitrogens with two attached hydrogens (primary N) is 1. The first-order chi connectivity index (χ1) is 8.66. The third-order valence-corrected chi connectivity index (χ3v) is 3.51. The summed E-state index contributed by atoms with van der Waals surface area (Å²) in [6.07, 6.45) is 2.30. The minimum atomic E-state index is -0.434. The van der Waals surface area contributed by atoms with E-state index in [2.05, 4.69) is 10.6 Å². The highest BCUT2D eigenvalue weighted by Gasteiger charge is 2.14. The molecule has 1 saturated heterocycles. The van der Waals surface area contributed by atoms with E-state index in [9.17, 15) is 4.79 Å². The number of rotatable bonds is 5. The molecule has 1 heterocycles. The Kier molecular flexibility index (Phi) is 4.44. The fourth-order valence-electron chi connectivity index (χ4n) is 2.25. The molecule has 0 aromatic heterocycles. The third-order valence-electron chi connectivity index (χ3n) is 3.28. The number of anilines is 1. The van der Waals surface area contributed by atoms with Crippen LogP contribution < -0.4 is 16.4 Å². The van der Waals surface area contributed by atoms with Crippen LogP contribution in [0.5, 0.6) is 0 Å². The summed E-state index contributed by atoms with van der Waals surface area (Å²) in [7, 11) is 0. The van der Waals surface area contributed by atoms with Gasteiger partial charge in [-0.3, -0.25) is 4.79 Å². The number of primary amides is 1. The smallest absolute Gasteiger partial charge is 0.250 e. The van der Waals surface area contributed by atoms with Crippen LogP contribution in [-0.2, 0) is 0 Å². The molecule has 0 spiro atoms. The summed E-state index contributed by atoms with van der Waals surface area (Å²) in [4.78, 5) is 11.3. The zero-order valence-corrected chi connectivity index (χ0v) is 11.0. The fraction of sp³-hybridized carbons (Fsp3) is 0.462. The summed E-state index contributed by atoms with van der Waals surface area (Å²) in [5.41, 5.74) is 6.54. The van der Waals surface area contributed by atoms with Crippen LogP contribution in [0.4, 0.5) is 5.69 Å². The predicted molar refractivity (Wildman–Crippen MR) is 74.1 cm³/mol. The maximum Gasteiger partial charge on any atom is 0.250 e. The summed E-state index contributed by atoms with van der Waals surface area (Å²) in [6, 6.07) is 5.08. The van der Waals surface area contributed by atoms with Gasteiger partial charge >= 0.3 is 0 Å². The van der Waals surface area contributed by atoms with Gasteiger partial charge in [0.05, 0.1) is 5.56 Å². The second-order valence-corrected chi connectivity index (χ2v) is 5.06. The lowest BCUT2D eigenvalue weighted by Crippen LogP contribution is -2.16. The number of hydrogen-bond acceptors (Lipinski definition) is 3. The van der Waals surface area contributed by atoms with Crippen molar-refractivity contribution in [1.29, 1.82) is 0 Å². The first-order valence-corrected chi connectivity index (χ1v) is 6.58. The Bertz CT molecular complexity index is 430. The standard InChI is InChI=1S/C13H18ClN3O/c14-10-1-2-11(13(15)18)12(7-10)17-6-4-9-3-5-16-8-9/h1-2,7,9,16-17H,3-6,8H2,(H2,15,18). The lowest BCUT2D eigenvalue weighted by atomic mass is 10.0. The number of benzene rings is 1. The summed E-state index contributed by atoms with van der Waals surface area (Å²) >= 11 is 5.93. The van der Waals surface area contributed by atoms with Crippen molar-refractivity contribution < 1.29 is 4.79 Å². The molecule has 1 aromatic rings. The van der Waals surface area contributed by atoms with E-state index in [0.29, 0.717) is 16.5 Å². The lowest BCUT2D eigenvalue weighted by Gasteiger charge is -2.13. The van der Waals surface area contributed by atoms with E-state index >= 15 is 0 Å². The van der Waals surface area contributed by atoms with Gasteiger partial charge in [0.2, 0.25) is 0 Å². The predicted octanol–water partition coefficient (Wildman–Crippen LogP) is 1.85. The van der Waals surface area contributed by atoms with E-state index in [4.69, 9.17) is 17.3 Å². The van der Waals surface area contributed by atoms with E-state index in [-0.39, 0.29) is 0 Å². The second kappa shape index (κ2) is 6.07. The highest BCUT2D eigenvalue weighted by Crippen LogP contribution is 2.21. The number of carbonyl (C=O) groups is 1. The molecule has 4 nitrogen and oxygen atoms in total. The van der Waals surface area contributed by atoms with E-state index in [1.165, 1.54) is 6.42 Å². The maximum absolute atomic E-state index is 11.3. The van der Waals surface area contributed by atoms with E-state index < -0.39 is 5.91 Å². The zero-order valence-electron chi connectivity index (χ0n) is 10.2.